The molecule has 0 heterocycles. The van der Waals surface area contributed by atoms with Crippen LogP contribution in [0, 0.1) is 0 Å². The molecule has 0 amide bonds. The summed E-state index contributed by atoms with van der Waals surface area (Å²) in [6.45, 7) is 3.15. The molecule has 1 rings (SSSR count). The van der Waals surface area contributed by atoms with Crippen molar-refractivity contribution >= 4 is 8.88 Å². The van der Waals surface area contributed by atoms with Gasteiger partial charge in [0.2, 0.25) is 0 Å². The van der Waals surface area contributed by atoms with Gasteiger partial charge in [-0.1, -0.05) is 26.2 Å². The van der Waals surface area contributed by atoms with Gasteiger partial charge in [-0.25, -0.2) is 0 Å². The van der Waals surface area contributed by atoms with E-state index in [2.05, 4.69) is 16.9 Å². The fourth-order valence-corrected chi connectivity index (χ4v) is 4.29. The lowest BCUT2D eigenvalue weighted by atomic mass is 10.3. The fourth-order valence-electron chi connectivity index (χ4n) is 2.17. The normalized spacial score (nSPS) is 18.2. The number of hydrogen-bond acceptors (Lipinski definition) is 4. The van der Waals surface area contributed by atoms with Crippen LogP contribution in [0.3, 0.4) is 0 Å². The van der Waals surface area contributed by atoms with E-state index >= 15 is 0 Å². The minimum atomic E-state index is -2.35. The van der Waals surface area contributed by atoms with E-state index in [4.69, 9.17) is 8.85 Å². The van der Waals surface area contributed by atoms with Crippen LogP contribution in [0.5, 0.6) is 0 Å². The van der Waals surface area contributed by atoms with E-state index in [1.807, 2.05) is 0 Å². The third-order valence-electron chi connectivity index (χ3n) is 3.21. The molecule has 0 aromatic rings. The van der Waals surface area contributed by atoms with Gasteiger partial charge in [0.15, 0.2) is 0 Å². The molecule has 5 heteroatoms. The SMILES string of the molecule is CCCCN[Si](NC1CCCC1)(OC)OC. The molecule has 1 saturated carbocycles. The Hall–Kier alpha value is 0.0569. The standard InChI is InChI=1S/C11H26N2O2Si/c1-4-5-10-12-16(14-2,15-3)13-11-8-6-7-9-11/h11-13H,4-10H2,1-3H3. The maximum Gasteiger partial charge on any atom is 0.516 e. The van der Waals surface area contributed by atoms with Gasteiger partial charge in [-0.05, 0) is 25.8 Å². The highest BCUT2D eigenvalue weighted by Gasteiger charge is 2.39. The lowest BCUT2D eigenvalue weighted by Crippen LogP contribution is -2.68. The van der Waals surface area contributed by atoms with Crippen molar-refractivity contribution in [3.05, 3.63) is 0 Å². The largest absolute Gasteiger partial charge is 0.516 e. The lowest BCUT2D eigenvalue weighted by molar-refractivity contribution is 0.206. The molecule has 0 radical (unpaired) electrons. The molecule has 2 N–H and O–H groups in total. The molecule has 16 heavy (non-hydrogen) atoms. The Labute approximate surface area is 100 Å². The molecule has 0 unspecified atom stereocenters. The highest BCUT2D eigenvalue weighted by molar-refractivity contribution is 6.62. The molecule has 1 aliphatic rings. The second-order valence-corrected chi connectivity index (χ2v) is 7.12. The second kappa shape index (κ2) is 7.40. The Balaban J connectivity index is 2.41. The van der Waals surface area contributed by atoms with Crippen LogP contribution in [0.25, 0.3) is 0 Å². The van der Waals surface area contributed by atoms with Crippen molar-refractivity contribution in [1.82, 2.24) is 9.96 Å². The number of unbranched alkanes of at least 4 members (excludes halogenated alkanes) is 1. The Morgan fingerprint density at radius 2 is 1.81 bits per heavy atom. The molecule has 1 fully saturated rings. The first kappa shape index (κ1) is 14.1. The molecule has 1 aliphatic carbocycles. The monoisotopic (exact) mass is 246 g/mol. The summed E-state index contributed by atoms with van der Waals surface area (Å²) < 4.78 is 11.2. The zero-order chi connectivity index (χ0) is 11.9. The van der Waals surface area contributed by atoms with Crippen LogP contribution in [0.15, 0.2) is 0 Å². The van der Waals surface area contributed by atoms with Crippen molar-refractivity contribution < 1.29 is 8.85 Å². The van der Waals surface area contributed by atoms with E-state index in [1.54, 1.807) is 14.2 Å². The van der Waals surface area contributed by atoms with Crippen molar-refractivity contribution in [2.45, 2.75) is 51.5 Å². The molecule has 0 atom stereocenters. The van der Waals surface area contributed by atoms with Crippen molar-refractivity contribution in [1.29, 1.82) is 0 Å². The Morgan fingerprint density at radius 3 is 2.31 bits per heavy atom. The van der Waals surface area contributed by atoms with E-state index in [0.717, 1.165) is 13.0 Å². The Morgan fingerprint density at radius 1 is 1.19 bits per heavy atom. The minimum Gasteiger partial charge on any atom is -0.374 e. The van der Waals surface area contributed by atoms with E-state index < -0.39 is 8.88 Å². The predicted octanol–water partition coefficient (Wildman–Crippen LogP) is 1.64. The summed E-state index contributed by atoms with van der Waals surface area (Å²) in [5.74, 6) is 0. The summed E-state index contributed by atoms with van der Waals surface area (Å²) in [7, 11) is 1.12. The minimum absolute atomic E-state index is 0.570. The van der Waals surface area contributed by atoms with E-state index in [0.29, 0.717) is 6.04 Å². The highest BCUT2D eigenvalue weighted by Crippen LogP contribution is 2.19. The van der Waals surface area contributed by atoms with E-state index in [-0.39, 0.29) is 0 Å². The summed E-state index contributed by atoms with van der Waals surface area (Å²) in [5, 5.41) is 0. The summed E-state index contributed by atoms with van der Waals surface area (Å²) in [4.78, 5) is 7.01. The third kappa shape index (κ3) is 4.14. The Bertz CT molecular complexity index is 183. The van der Waals surface area contributed by atoms with Gasteiger partial charge in [0, 0.05) is 20.3 Å². The zero-order valence-electron chi connectivity index (χ0n) is 10.8. The molecule has 0 spiro atoms. The topological polar surface area (TPSA) is 42.5 Å². The van der Waals surface area contributed by atoms with Gasteiger partial charge in [-0.2, -0.15) is 0 Å². The molecule has 0 aromatic heterocycles. The fraction of sp³-hybridized carbons (Fsp3) is 1.00. The van der Waals surface area contributed by atoms with E-state index in [1.165, 1.54) is 32.1 Å². The van der Waals surface area contributed by atoms with E-state index in [9.17, 15) is 0 Å². The van der Waals surface area contributed by atoms with Gasteiger partial charge >= 0.3 is 8.88 Å². The van der Waals surface area contributed by atoms with Crippen LogP contribution in [0.1, 0.15) is 45.4 Å². The first-order valence-electron chi connectivity index (χ1n) is 6.39. The quantitative estimate of drug-likeness (QED) is 0.505. The summed E-state index contributed by atoms with van der Waals surface area (Å²) in [6.07, 6.45) is 7.49. The molecule has 0 aliphatic heterocycles. The third-order valence-corrected chi connectivity index (χ3v) is 5.87. The van der Waals surface area contributed by atoms with Crippen LogP contribution in [0.4, 0.5) is 0 Å². The van der Waals surface area contributed by atoms with Gasteiger partial charge in [0.25, 0.3) is 0 Å². The Kier molecular flexibility index (Phi) is 6.53. The lowest BCUT2D eigenvalue weighted by Gasteiger charge is -2.30. The first-order valence-corrected chi connectivity index (χ1v) is 8.21. The van der Waals surface area contributed by atoms with Crippen LogP contribution >= 0.6 is 0 Å². The first-order chi connectivity index (χ1) is 7.76. The van der Waals surface area contributed by atoms with Crippen molar-refractivity contribution in [3.8, 4) is 0 Å². The molecular weight excluding hydrogens is 220 g/mol. The predicted molar refractivity (Wildman–Crippen MR) is 68.1 cm³/mol. The molecule has 0 bridgehead atoms. The molecular formula is C11H26N2O2Si. The van der Waals surface area contributed by atoms with Gasteiger partial charge in [-0.3, -0.25) is 9.96 Å². The summed E-state index contributed by atoms with van der Waals surface area (Å²) in [5.41, 5.74) is 0. The summed E-state index contributed by atoms with van der Waals surface area (Å²) >= 11 is 0. The summed E-state index contributed by atoms with van der Waals surface area (Å²) in [6, 6.07) is 0.570. The van der Waals surface area contributed by atoms with Crippen LogP contribution in [-0.4, -0.2) is 35.7 Å². The van der Waals surface area contributed by atoms with Crippen molar-refractivity contribution in [2.24, 2.45) is 0 Å². The van der Waals surface area contributed by atoms with Crippen LogP contribution in [0.2, 0.25) is 0 Å². The van der Waals surface area contributed by atoms with Crippen LogP contribution < -0.4 is 9.96 Å². The van der Waals surface area contributed by atoms with Gasteiger partial charge in [0.05, 0.1) is 0 Å². The average Bonchev–Trinajstić information content (AvgIpc) is 2.81. The van der Waals surface area contributed by atoms with Crippen molar-refractivity contribution in [2.75, 3.05) is 20.8 Å². The molecule has 4 nitrogen and oxygen atoms in total. The van der Waals surface area contributed by atoms with Crippen molar-refractivity contribution in [3.63, 3.8) is 0 Å². The maximum absolute atomic E-state index is 5.59. The molecule has 0 saturated heterocycles. The van der Waals surface area contributed by atoms with Gasteiger partial charge < -0.3 is 8.85 Å². The average molecular weight is 246 g/mol. The van der Waals surface area contributed by atoms with Gasteiger partial charge in [0.1, 0.15) is 0 Å². The maximum atomic E-state index is 5.59. The number of nitrogens with one attached hydrogen (secondary N) is 2. The van der Waals surface area contributed by atoms with Crippen LogP contribution in [-0.2, 0) is 8.85 Å². The smallest absolute Gasteiger partial charge is 0.374 e. The zero-order valence-corrected chi connectivity index (χ0v) is 11.8. The number of rotatable bonds is 8. The van der Waals surface area contributed by atoms with Gasteiger partial charge in [-0.15, -0.1) is 0 Å². The molecule has 0 aromatic carbocycles. The highest BCUT2D eigenvalue weighted by atomic mass is 28.4. The number of hydrogen-bond donors (Lipinski definition) is 2. The molecule has 96 valence electrons. The second-order valence-electron chi connectivity index (χ2n) is 4.43.